The highest BCUT2D eigenvalue weighted by Gasteiger charge is 2.24. The van der Waals surface area contributed by atoms with E-state index in [0.29, 0.717) is 11.2 Å². The average Bonchev–Trinajstić information content (AvgIpc) is 2.51. The molecule has 1 aliphatic heterocycles. The molecule has 2 heterocycles. The summed E-state index contributed by atoms with van der Waals surface area (Å²) in [4.78, 5) is 4.78. The van der Waals surface area contributed by atoms with E-state index < -0.39 is 0 Å². The fourth-order valence-corrected chi connectivity index (χ4v) is 2.83. The number of rotatable bonds is 3. The summed E-state index contributed by atoms with van der Waals surface area (Å²) in [6.45, 7) is 6.22. The molecule has 1 fully saturated rings. The molecule has 110 valence electrons. The minimum absolute atomic E-state index is 0.439. The summed E-state index contributed by atoms with van der Waals surface area (Å²) in [5, 5.41) is 8.54. The smallest absolute Gasteiger partial charge is 0.151 e. The van der Waals surface area contributed by atoms with Gasteiger partial charge in [0.2, 0.25) is 0 Å². The van der Waals surface area contributed by atoms with E-state index in [-0.39, 0.29) is 0 Å². The van der Waals surface area contributed by atoms with E-state index in [4.69, 9.17) is 11.6 Å². The van der Waals surface area contributed by atoms with Crippen LogP contribution in [0.25, 0.3) is 0 Å². The van der Waals surface area contributed by atoms with Crippen LogP contribution in [0.15, 0.2) is 42.5 Å². The fraction of sp³-hybridized carbons (Fsp3) is 0.375. The molecule has 0 spiro atoms. The van der Waals surface area contributed by atoms with Gasteiger partial charge in [0.05, 0.1) is 0 Å². The van der Waals surface area contributed by atoms with Gasteiger partial charge in [0.1, 0.15) is 0 Å². The van der Waals surface area contributed by atoms with Crippen LogP contribution >= 0.6 is 11.6 Å². The summed E-state index contributed by atoms with van der Waals surface area (Å²) >= 11 is 5.79. The average molecular weight is 303 g/mol. The lowest BCUT2D eigenvalue weighted by Gasteiger charge is -2.40. The Morgan fingerprint density at radius 3 is 2.57 bits per heavy atom. The number of hydrogen-bond acceptors (Lipinski definition) is 4. The quantitative estimate of drug-likeness (QED) is 0.873. The molecule has 0 radical (unpaired) electrons. The molecule has 0 aliphatic carbocycles. The van der Waals surface area contributed by atoms with Gasteiger partial charge in [-0.1, -0.05) is 41.9 Å². The highest BCUT2D eigenvalue weighted by Crippen LogP contribution is 2.19. The molecule has 5 heteroatoms. The zero-order chi connectivity index (χ0) is 14.7. The predicted octanol–water partition coefficient (Wildman–Crippen LogP) is 2.84. The molecular weight excluding hydrogens is 284 g/mol. The molecule has 1 aromatic carbocycles. The number of piperazine rings is 1. The lowest BCUT2D eigenvalue weighted by Crippen LogP contribution is -2.51. The summed E-state index contributed by atoms with van der Waals surface area (Å²) < 4.78 is 0. The minimum Gasteiger partial charge on any atom is -0.352 e. The number of anilines is 1. The summed E-state index contributed by atoms with van der Waals surface area (Å²) in [5.74, 6) is 0.908. The van der Waals surface area contributed by atoms with Gasteiger partial charge in [-0.15, -0.1) is 10.2 Å². The Morgan fingerprint density at radius 2 is 1.90 bits per heavy atom. The molecular formula is C16H19ClN4. The van der Waals surface area contributed by atoms with Gasteiger partial charge in [0, 0.05) is 32.2 Å². The predicted molar refractivity (Wildman–Crippen MR) is 85.6 cm³/mol. The highest BCUT2D eigenvalue weighted by molar-refractivity contribution is 6.29. The van der Waals surface area contributed by atoms with Crippen molar-refractivity contribution < 1.29 is 0 Å². The standard InChI is InChI=1S/C16H19ClN4/c1-13-11-21(16-8-7-15(17)18-19-16)10-9-20(13)12-14-5-3-2-4-6-14/h2-8,13H,9-12H2,1H3. The van der Waals surface area contributed by atoms with E-state index in [1.54, 1.807) is 6.07 Å². The van der Waals surface area contributed by atoms with Gasteiger partial charge >= 0.3 is 0 Å². The van der Waals surface area contributed by atoms with Crippen LogP contribution in [0.3, 0.4) is 0 Å². The molecule has 2 aromatic rings. The largest absolute Gasteiger partial charge is 0.352 e. The van der Waals surface area contributed by atoms with Crippen LogP contribution in [0.1, 0.15) is 12.5 Å². The van der Waals surface area contributed by atoms with E-state index in [0.717, 1.165) is 32.0 Å². The van der Waals surface area contributed by atoms with Crippen LogP contribution in [0.2, 0.25) is 5.15 Å². The van der Waals surface area contributed by atoms with Crippen molar-refractivity contribution >= 4 is 17.4 Å². The van der Waals surface area contributed by atoms with Crippen LogP contribution in [-0.2, 0) is 6.54 Å². The van der Waals surface area contributed by atoms with Crippen molar-refractivity contribution in [2.45, 2.75) is 19.5 Å². The van der Waals surface area contributed by atoms with Crippen molar-refractivity contribution in [2.75, 3.05) is 24.5 Å². The maximum Gasteiger partial charge on any atom is 0.151 e. The topological polar surface area (TPSA) is 32.3 Å². The Kier molecular flexibility index (Phi) is 4.36. The normalized spacial score (nSPS) is 19.7. The molecule has 1 saturated heterocycles. The summed E-state index contributed by atoms with van der Waals surface area (Å²) in [7, 11) is 0. The number of hydrogen-bond donors (Lipinski definition) is 0. The van der Waals surface area contributed by atoms with Crippen LogP contribution < -0.4 is 4.90 Å². The molecule has 1 aliphatic rings. The van der Waals surface area contributed by atoms with E-state index >= 15 is 0 Å². The zero-order valence-electron chi connectivity index (χ0n) is 12.1. The van der Waals surface area contributed by atoms with Crippen molar-refractivity contribution in [3.63, 3.8) is 0 Å². The Hall–Kier alpha value is -1.65. The third kappa shape index (κ3) is 3.52. The first-order chi connectivity index (χ1) is 10.2. The second kappa shape index (κ2) is 6.41. The first-order valence-electron chi connectivity index (χ1n) is 7.24. The Balaban J connectivity index is 1.63. The van der Waals surface area contributed by atoms with Crippen LogP contribution in [-0.4, -0.2) is 40.8 Å². The van der Waals surface area contributed by atoms with Gasteiger partial charge in [0.25, 0.3) is 0 Å². The van der Waals surface area contributed by atoms with Crippen LogP contribution in [0.4, 0.5) is 5.82 Å². The molecule has 0 bridgehead atoms. The summed E-state index contributed by atoms with van der Waals surface area (Å²) in [5.41, 5.74) is 1.36. The molecule has 0 amide bonds. The third-order valence-corrected chi connectivity index (χ3v) is 4.14. The first kappa shape index (κ1) is 14.3. The van der Waals surface area contributed by atoms with Gasteiger partial charge in [-0.3, -0.25) is 4.90 Å². The number of aromatic nitrogens is 2. The molecule has 3 rings (SSSR count). The Labute approximate surface area is 130 Å². The van der Waals surface area contributed by atoms with E-state index in [9.17, 15) is 0 Å². The van der Waals surface area contributed by atoms with Crippen LogP contribution in [0, 0.1) is 0 Å². The lowest BCUT2D eigenvalue weighted by atomic mass is 10.1. The first-order valence-corrected chi connectivity index (χ1v) is 7.62. The van der Waals surface area contributed by atoms with Crippen molar-refractivity contribution in [2.24, 2.45) is 0 Å². The zero-order valence-corrected chi connectivity index (χ0v) is 12.9. The summed E-state index contributed by atoms with van der Waals surface area (Å²) in [6, 6.07) is 14.8. The Morgan fingerprint density at radius 1 is 1.10 bits per heavy atom. The molecule has 0 saturated carbocycles. The second-order valence-electron chi connectivity index (χ2n) is 5.47. The highest BCUT2D eigenvalue weighted by atomic mass is 35.5. The molecule has 0 N–H and O–H groups in total. The van der Waals surface area contributed by atoms with Gasteiger partial charge in [-0.05, 0) is 24.6 Å². The van der Waals surface area contributed by atoms with Gasteiger partial charge < -0.3 is 4.90 Å². The van der Waals surface area contributed by atoms with Crippen molar-refractivity contribution in [3.05, 3.63) is 53.2 Å². The molecule has 4 nitrogen and oxygen atoms in total. The molecule has 1 atom stereocenters. The number of benzene rings is 1. The summed E-state index contributed by atoms with van der Waals surface area (Å²) in [6.07, 6.45) is 0. The van der Waals surface area contributed by atoms with Crippen molar-refractivity contribution in [3.8, 4) is 0 Å². The Bertz CT molecular complexity index is 573. The minimum atomic E-state index is 0.439. The molecule has 21 heavy (non-hydrogen) atoms. The van der Waals surface area contributed by atoms with E-state index in [1.165, 1.54) is 5.56 Å². The fourth-order valence-electron chi connectivity index (χ4n) is 2.73. The van der Waals surface area contributed by atoms with Crippen molar-refractivity contribution in [1.82, 2.24) is 15.1 Å². The lowest BCUT2D eigenvalue weighted by molar-refractivity contribution is 0.180. The maximum atomic E-state index is 5.79. The monoisotopic (exact) mass is 302 g/mol. The van der Waals surface area contributed by atoms with Gasteiger partial charge in [-0.25, -0.2) is 0 Å². The second-order valence-corrected chi connectivity index (χ2v) is 5.85. The van der Waals surface area contributed by atoms with Gasteiger partial charge in [0.15, 0.2) is 11.0 Å². The van der Waals surface area contributed by atoms with E-state index in [1.807, 2.05) is 6.07 Å². The number of halogens is 1. The number of nitrogens with zero attached hydrogens (tertiary/aromatic N) is 4. The van der Waals surface area contributed by atoms with Gasteiger partial charge in [-0.2, -0.15) is 0 Å². The van der Waals surface area contributed by atoms with Crippen LogP contribution in [0.5, 0.6) is 0 Å². The van der Waals surface area contributed by atoms with E-state index in [2.05, 4.69) is 57.3 Å². The van der Waals surface area contributed by atoms with Crippen molar-refractivity contribution in [1.29, 1.82) is 0 Å². The molecule has 1 aromatic heterocycles. The third-order valence-electron chi connectivity index (χ3n) is 3.94. The SMILES string of the molecule is CC1CN(c2ccc(Cl)nn2)CCN1Cc1ccccc1. The maximum absolute atomic E-state index is 5.79. The molecule has 1 unspecified atom stereocenters.